The molecular weight excluding hydrogens is 208 g/mol. The van der Waals surface area contributed by atoms with Crippen LogP contribution in [0, 0.1) is 10.8 Å². The Morgan fingerprint density at radius 3 is 1.82 bits per heavy atom. The molecule has 1 nitrogen and oxygen atoms in total. The highest BCUT2D eigenvalue weighted by Crippen LogP contribution is 2.73. The molecule has 0 bridgehead atoms. The summed E-state index contributed by atoms with van der Waals surface area (Å²) in [6.45, 7) is 18.3. The molecular formula is C16H32O. The molecule has 2 atom stereocenters. The Morgan fingerprint density at radius 1 is 1.00 bits per heavy atom. The highest BCUT2D eigenvalue weighted by Gasteiger charge is 2.69. The first kappa shape index (κ1) is 15.0. The van der Waals surface area contributed by atoms with Crippen LogP contribution in [0.25, 0.3) is 0 Å². The SMILES string of the molecule is CCC(C)(C)OC(C)(C)C1(CC)CC1(C)CC. The van der Waals surface area contributed by atoms with Crippen molar-refractivity contribution in [1.29, 1.82) is 0 Å². The van der Waals surface area contributed by atoms with Gasteiger partial charge in [0.25, 0.3) is 0 Å². The van der Waals surface area contributed by atoms with E-state index >= 15 is 0 Å². The largest absolute Gasteiger partial charge is 0.369 e. The molecule has 0 spiro atoms. The van der Waals surface area contributed by atoms with Crippen LogP contribution in [0.3, 0.4) is 0 Å². The first-order chi connectivity index (χ1) is 7.60. The van der Waals surface area contributed by atoms with Crippen molar-refractivity contribution in [3.8, 4) is 0 Å². The van der Waals surface area contributed by atoms with Gasteiger partial charge in [-0.2, -0.15) is 0 Å². The quantitative estimate of drug-likeness (QED) is 0.621. The number of rotatable bonds is 6. The number of ether oxygens (including phenoxy) is 1. The summed E-state index contributed by atoms with van der Waals surface area (Å²) in [6, 6.07) is 0. The van der Waals surface area contributed by atoms with Gasteiger partial charge in [0.15, 0.2) is 0 Å². The highest BCUT2D eigenvalue weighted by atomic mass is 16.5. The van der Waals surface area contributed by atoms with E-state index in [1.54, 1.807) is 0 Å². The molecule has 1 aliphatic rings. The topological polar surface area (TPSA) is 9.23 Å². The van der Waals surface area contributed by atoms with Crippen LogP contribution in [0.15, 0.2) is 0 Å². The summed E-state index contributed by atoms with van der Waals surface area (Å²) in [7, 11) is 0. The van der Waals surface area contributed by atoms with Crippen molar-refractivity contribution >= 4 is 0 Å². The van der Waals surface area contributed by atoms with Crippen LogP contribution in [-0.4, -0.2) is 11.2 Å². The van der Waals surface area contributed by atoms with E-state index in [4.69, 9.17) is 4.74 Å². The maximum Gasteiger partial charge on any atom is 0.0695 e. The van der Waals surface area contributed by atoms with E-state index in [-0.39, 0.29) is 11.2 Å². The molecule has 1 aliphatic carbocycles. The van der Waals surface area contributed by atoms with Gasteiger partial charge in [0, 0.05) is 5.41 Å². The smallest absolute Gasteiger partial charge is 0.0695 e. The van der Waals surface area contributed by atoms with Crippen molar-refractivity contribution < 1.29 is 4.74 Å². The van der Waals surface area contributed by atoms with Gasteiger partial charge in [-0.15, -0.1) is 0 Å². The van der Waals surface area contributed by atoms with Crippen LogP contribution < -0.4 is 0 Å². The fourth-order valence-corrected chi connectivity index (χ4v) is 3.86. The summed E-state index contributed by atoms with van der Waals surface area (Å²) in [6.07, 6.45) is 4.88. The van der Waals surface area contributed by atoms with Crippen LogP contribution in [0.1, 0.15) is 81.1 Å². The third-order valence-corrected chi connectivity index (χ3v) is 5.64. The van der Waals surface area contributed by atoms with Crippen LogP contribution in [0.2, 0.25) is 0 Å². The lowest BCUT2D eigenvalue weighted by molar-refractivity contribution is -0.167. The summed E-state index contributed by atoms with van der Waals surface area (Å²) in [5.74, 6) is 0. The van der Waals surface area contributed by atoms with E-state index in [1.807, 2.05) is 0 Å². The van der Waals surface area contributed by atoms with E-state index in [9.17, 15) is 0 Å². The van der Waals surface area contributed by atoms with Crippen molar-refractivity contribution in [2.45, 2.75) is 92.3 Å². The molecule has 1 fully saturated rings. The zero-order valence-electron chi connectivity index (χ0n) is 13.2. The molecule has 0 aliphatic heterocycles. The molecule has 0 heterocycles. The Balaban J connectivity index is 2.91. The summed E-state index contributed by atoms with van der Waals surface area (Å²) in [5, 5.41) is 0. The lowest BCUT2D eigenvalue weighted by Crippen LogP contribution is -2.45. The number of hydrogen-bond acceptors (Lipinski definition) is 1. The van der Waals surface area contributed by atoms with E-state index in [2.05, 4.69) is 55.4 Å². The van der Waals surface area contributed by atoms with Gasteiger partial charge >= 0.3 is 0 Å². The summed E-state index contributed by atoms with van der Waals surface area (Å²) in [4.78, 5) is 0. The average Bonchev–Trinajstić information content (AvgIpc) is 2.86. The summed E-state index contributed by atoms with van der Waals surface area (Å²) >= 11 is 0. The molecule has 17 heavy (non-hydrogen) atoms. The lowest BCUT2D eigenvalue weighted by Gasteiger charge is -2.43. The van der Waals surface area contributed by atoms with Gasteiger partial charge in [-0.25, -0.2) is 0 Å². The predicted octanol–water partition coefficient (Wildman–Crippen LogP) is 5.19. The molecule has 0 saturated heterocycles. The molecule has 0 aromatic rings. The van der Waals surface area contributed by atoms with Gasteiger partial charge in [0.05, 0.1) is 11.2 Å². The molecule has 1 heteroatoms. The molecule has 102 valence electrons. The average molecular weight is 240 g/mol. The van der Waals surface area contributed by atoms with Crippen LogP contribution >= 0.6 is 0 Å². The minimum absolute atomic E-state index is 0.0110. The minimum Gasteiger partial charge on any atom is -0.369 e. The second-order valence-corrected chi connectivity index (χ2v) is 7.25. The molecule has 2 unspecified atom stereocenters. The highest BCUT2D eigenvalue weighted by molar-refractivity contribution is 5.18. The van der Waals surface area contributed by atoms with Gasteiger partial charge in [-0.05, 0) is 52.4 Å². The lowest BCUT2D eigenvalue weighted by atomic mass is 9.76. The maximum atomic E-state index is 6.49. The fraction of sp³-hybridized carbons (Fsp3) is 1.00. The van der Waals surface area contributed by atoms with Crippen molar-refractivity contribution in [3.63, 3.8) is 0 Å². The summed E-state index contributed by atoms with van der Waals surface area (Å²) < 4.78 is 6.49. The first-order valence-corrected chi connectivity index (χ1v) is 7.30. The van der Waals surface area contributed by atoms with Crippen molar-refractivity contribution in [2.75, 3.05) is 0 Å². The minimum atomic E-state index is -0.0218. The molecule has 1 rings (SSSR count). The Labute approximate surface area is 108 Å². The zero-order valence-corrected chi connectivity index (χ0v) is 13.2. The predicted molar refractivity (Wildman–Crippen MR) is 75.3 cm³/mol. The van der Waals surface area contributed by atoms with Crippen LogP contribution in [-0.2, 0) is 4.74 Å². The normalized spacial score (nSPS) is 33.9. The van der Waals surface area contributed by atoms with Gasteiger partial charge in [-0.1, -0.05) is 34.1 Å². The first-order valence-electron chi connectivity index (χ1n) is 7.30. The fourth-order valence-electron chi connectivity index (χ4n) is 3.86. The maximum absolute atomic E-state index is 6.49. The Hall–Kier alpha value is -0.0400. The van der Waals surface area contributed by atoms with Gasteiger partial charge in [0.2, 0.25) is 0 Å². The Bertz CT molecular complexity index is 279. The van der Waals surface area contributed by atoms with Crippen LogP contribution in [0.4, 0.5) is 0 Å². The monoisotopic (exact) mass is 240 g/mol. The standard InChI is InChI=1S/C16H32O/c1-9-13(4,5)17-14(6,7)16(11-3)12-15(16,8)10-2/h9-12H2,1-8H3. The van der Waals surface area contributed by atoms with E-state index in [0.29, 0.717) is 10.8 Å². The van der Waals surface area contributed by atoms with Gasteiger partial charge < -0.3 is 4.74 Å². The second kappa shape index (κ2) is 4.26. The van der Waals surface area contributed by atoms with E-state index in [1.165, 1.54) is 19.3 Å². The molecule has 0 radical (unpaired) electrons. The van der Waals surface area contributed by atoms with Gasteiger partial charge in [0.1, 0.15) is 0 Å². The third-order valence-electron chi connectivity index (χ3n) is 5.64. The molecule has 0 aromatic heterocycles. The second-order valence-electron chi connectivity index (χ2n) is 7.25. The van der Waals surface area contributed by atoms with Crippen molar-refractivity contribution in [3.05, 3.63) is 0 Å². The molecule has 0 aromatic carbocycles. The molecule has 1 saturated carbocycles. The van der Waals surface area contributed by atoms with Crippen LogP contribution in [0.5, 0.6) is 0 Å². The number of hydrogen-bond donors (Lipinski definition) is 0. The van der Waals surface area contributed by atoms with Crippen molar-refractivity contribution in [1.82, 2.24) is 0 Å². The summed E-state index contributed by atoms with van der Waals surface area (Å²) in [5.41, 5.74) is 0.825. The third kappa shape index (κ3) is 2.28. The molecule has 0 amide bonds. The zero-order chi connectivity index (χ0) is 13.5. The van der Waals surface area contributed by atoms with E-state index < -0.39 is 0 Å². The van der Waals surface area contributed by atoms with E-state index in [0.717, 1.165) is 6.42 Å². The van der Waals surface area contributed by atoms with Crippen molar-refractivity contribution in [2.24, 2.45) is 10.8 Å². The Morgan fingerprint density at radius 2 is 1.53 bits per heavy atom. The van der Waals surface area contributed by atoms with Gasteiger partial charge in [-0.3, -0.25) is 0 Å². The Kier molecular flexibility index (Phi) is 3.76. The molecule has 0 N–H and O–H groups in total.